The molecule has 4 aromatic rings. The Hall–Kier alpha value is -3.14. The first-order valence-corrected chi connectivity index (χ1v) is 7.44. The summed E-state index contributed by atoms with van der Waals surface area (Å²) in [6.07, 6.45) is 1.70. The molecular weight excluding hydrogens is 286 g/mol. The van der Waals surface area contributed by atoms with Crippen LogP contribution in [0.3, 0.4) is 0 Å². The fourth-order valence-corrected chi connectivity index (χ4v) is 3.34. The van der Waals surface area contributed by atoms with Gasteiger partial charge in [-0.05, 0) is 36.6 Å². The van der Waals surface area contributed by atoms with Gasteiger partial charge in [0.05, 0.1) is 16.8 Å². The smallest absolute Gasteiger partial charge is 0.214 e. The Kier molecular flexibility index (Phi) is 2.26. The Morgan fingerprint density at radius 3 is 2.65 bits per heavy atom. The van der Waals surface area contributed by atoms with Crippen LogP contribution in [0.25, 0.3) is 33.1 Å². The van der Waals surface area contributed by atoms with Gasteiger partial charge in [-0.1, -0.05) is 18.2 Å². The Balaban J connectivity index is 2.10. The molecule has 0 saturated heterocycles. The molecule has 4 nitrogen and oxygen atoms in total. The maximum atomic E-state index is 12.9. The summed E-state index contributed by atoms with van der Waals surface area (Å²) in [6.45, 7) is 1.96. The number of carbonyl (C=O) groups excluding carboxylic acids is 1. The van der Waals surface area contributed by atoms with Gasteiger partial charge in [0.1, 0.15) is 11.4 Å². The fraction of sp³-hybridized carbons (Fsp3) is 0.0526. The van der Waals surface area contributed by atoms with Crippen LogP contribution in [0.5, 0.6) is 0 Å². The molecule has 1 aliphatic carbocycles. The average Bonchev–Trinajstić information content (AvgIpc) is 2.59. The monoisotopic (exact) mass is 297 g/mol. The summed E-state index contributed by atoms with van der Waals surface area (Å²) in [5, 5.41) is 2.86. The number of hydrogen-bond acceptors (Lipinski definition) is 4. The van der Waals surface area contributed by atoms with Crippen molar-refractivity contribution in [3.05, 3.63) is 65.6 Å². The summed E-state index contributed by atoms with van der Waals surface area (Å²) >= 11 is 0. The van der Waals surface area contributed by atoms with Crippen molar-refractivity contribution in [1.82, 2.24) is 15.0 Å². The van der Waals surface area contributed by atoms with Crippen LogP contribution in [0.1, 0.15) is 21.7 Å². The first-order valence-electron chi connectivity index (χ1n) is 7.44. The van der Waals surface area contributed by atoms with Crippen molar-refractivity contribution < 1.29 is 4.79 Å². The predicted octanol–water partition coefficient (Wildman–Crippen LogP) is 3.70. The van der Waals surface area contributed by atoms with E-state index in [0.29, 0.717) is 17.0 Å². The lowest BCUT2D eigenvalue weighted by Gasteiger charge is -2.19. The SMILES string of the molecule is Cc1cc2c3c(nc4ccccc42)C(=O)c2cccnc2-c3n1. The zero-order valence-electron chi connectivity index (χ0n) is 12.4. The van der Waals surface area contributed by atoms with Crippen LogP contribution < -0.4 is 0 Å². The first kappa shape index (κ1) is 12.4. The van der Waals surface area contributed by atoms with E-state index in [0.717, 1.165) is 33.1 Å². The number of aryl methyl sites for hydroxylation is 1. The van der Waals surface area contributed by atoms with Crippen molar-refractivity contribution in [3.8, 4) is 11.4 Å². The van der Waals surface area contributed by atoms with Gasteiger partial charge < -0.3 is 0 Å². The van der Waals surface area contributed by atoms with Crippen LogP contribution in [0.4, 0.5) is 0 Å². The highest BCUT2D eigenvalue weighted by Gasteiger charge is 2.29. The molecule has 0 radical (unpaired) electrons. The topological polar surface area (TPSA) is 55.7 Å². The van der Waals surface area contributed by atoms with Gasteiger partial charge in [0.25, 0.3) is 0 Å². The van der Waals surface area contributed by atoms with Gasteiger partial charge in [-0.2, -0.15) is 0 Å². The van der Waals surface area contributed by atoms with E-state index in [9.17, 15) is 4.79 Å². The van der Waals surface area contributed by atoms with E-state index >= 15 is 0 Å². The van der Waals surface area contributed by atoms with Gasteiger partial charge in [0.15, 0.2) is 0 Å². The molecule has 3 aromatic heterocycles. The molecule has 4 heteroatoms. The van der Waals surface area contributed by atoms with E-state index in [1.807, 2.05) is 37.3 Å². The molecule has 0 N–H and O–H groups in total. The van der Waals surface area contributed by atoms with Gasteiger partial charge >= 0.3 is 0 Å². The molecule has 0 saturated carbocycles. The van der Waals surface area contributed by atoms with Crippen molar-refractivity contribution >= 4 is 27.5 Å². The molecule has 1 aliphatic rings. The number of benzene rings is 1. The number of ketones is 1. The van der Waals surface area contributed by atoms with E-state index in [1.54, 1.807) is 18.3 Å². The van der Waals surface area contributed by atoms with Crippen molar-refractivity contribution in [1.29, 1.82) is 0 Å². The highest BCUT2D eigenvalue weighted by Crippen LogP contribution is 2.38. The Morgan fingerprint density at radius 1 is 0.870 bits per heavy atom. The number of rotatable bonds is 0. The van der Waals surface area contributed by atoms with Crippen LogP contribution in [0, 0.1) is 6.92 Å². The van der Waals surface area contributed by atoms with Crippen LogP contribution in [0.2, 0.25) is 0 Å². The molecule has 5 rings (SSSR count). The number of aromatic nitrogens is 3. The molecule has 0 fully saturated rings. The highest BCUT2D eigenvalue weighted by molar-refractivity contribution is 6.27. The maximum absolute atomic E-state index is 12.9. The first-order chi connectivity index (χ1) is 11.2. The van der Waals surface area contributed by atoms with E-state index < -0.39 is 0 Å². The van der Waals surface area contributed by atoms with E-state index in [1.165, 1.54) is 0 Å². The van der Waals surface area contributed by atoms with Gasteiger partial charge in [0.2, 0.25) is 5.78 Å². The number of fused-ring (bicyclic) bond motifs is 4. The summed E-state index contributed by atoms with van der Waals surface area (Å²) in [4.78, 5) is 26.6. The lowest BCUT2D eigenvalue weighted by atomic mass is 9.90. The predicted molar refractivity (Wildman–Crippen MR) is 88.4 cm³/mol. The van der Waals surface area contributed by atoms with E-state index in [2.05, 4.69) is 15.0 Å². The minimum absolute atomic E-state index is 0.0815. The van der Waals surface area contributed by atoms with Gasteiger partial charge in [-0.3, -0.25) is 14.8 Å². The summed E-state index contributed by atoms with van der Waals surface area (Å²) in [6, 6.07) is 13.5. The third-order valence-corrected chi connectivity index (χ3v) is 4.30. The minimum atomic E-state index is -0.0815. The average molecular weight is 297 g/mol. The molecule has 0 bridgehead atoms. The molecule has 0 atom stereocenters. The molecule has 0 aliphatic heterocycles. The van der Waals surface area contributed by atoms with Crippen molar-refractivity contribution in [2.75, 3.05) is 0 Å². The third-order valence-electron chi connectivity index (χ3n) is 4.30. The number of carbonyl (C=O) groups is 1. The summed E-state index contributed by atoms with van der Waals surface area (Å²) in [7, 11) is 0. The fourth-order valence-electron chi connectivity index (χ4n) is 3.34. The Morgan fingerprint density at radius 2 is 1.74 bits per heavy atom. The molecule has 108 valence electrons. The van der Waals surface area contributed by atoms with Gasteiger partial charge in [0, 0.05) is 22.7 Å². The Labute approximate surface area is 131 Å². The molecule has 0 spiro atoms. The van der Waals surface area contributed by atoms with Gasteiger partial charge in [-0.15, -0.1) is 0 Å². The largest absolute Gasteiger partial charge is 0.287 e. The minimum Gasteiger partial charge on any atom is -0.287 e. The van der Waals surface area contributed by atoms with E-state index in [4.69, 9.17) is 0 Å². The molecule has 0 unspecified atom stereocenters. The number of hydrogen-bond donors (Lipinski definition) is 0. The normalized spacial score (nSPS) is 12.7. The van der Waals surface area contributed by atoms with Crippen molar-refractivity contribution in [2.45, 2.75) is 6.92 Å². The molecule has 1 aromatic carbocycles. The Bertz CT molecular complexity index is 1150. The molecule has 3 heterocycles. The lowest BCUT2D eigenvalue weighted by molar-refractivity contribution is 0.103. The van der Waals surface area contributed by atoms with Crippen LogP contribution >= 0.6 is 0 Å². The maximum Gasteiger partial charge on any atom is 0.214 e. The highest BCUT2D eigenvalue weighted by atomic mass is 16.1. The lowest BCUT2D eigenvalue weighted by Crippen LogP contribution is -2.14. The van der Waals surface area contributed by atoms with E-state index in [-0.39, 0.29) is 5.78 Å². The number of para-hydroxylation sites is 1. The second-order valence-electron chi connectivity index (χ2n) is 5.74. The summed E-state index contributed by atoms with van der Waals surface area (Å²) < 4.78 is 0. The zero-order valence-corrected chi connectivity index (χ0v) is 12.4. The van der Waals surface area contributed by atoms with Crippen LogP contribution in [0.15, 0.2) is 48.7 Å². The van der Waals surface area contributed by atoms with Gasteiger partial charge in [-0.25, -0.2) is 4.98 Å². The van der Waals surface area contributed by atoms with Crippen LogP contribution in [-0.2, 0) is 0 Å². The van der Waals surface area contributed by atoms with Crippen LogP contribution in [-0.4, -0.2) is 20.7 Å². The number of nitrogens with zero attached hydrogens (tertiary/aromatic N) is 3. The third kappa shape index (κ3) is 1.55. The quantitative estimate of drug-likeness (QED) is 0.409. The summed E-state index contributed by atoms with van der Waals surface area (Å²) in [5.74, 6) is -0.0815. The molecule has 0 amide bonds. The summed E-state index contributed by atoms with van der Waals surface area (Å²) in [5.41, 5.74) is 4.18. The second kappa shape index (κ2) is 4.20. The standard InChI is InChI=1S/C19H11N3O/c1-10-9-13-11-5-2-3-7-14(11)22-18-15(13)17(21-10)16-12(19(18)23)6-4-8-20-16/h2-9H,1H3. The number of pyridine rings is 3. The zero-order chi connectivity index (χ0) is 15.6. The second-order valence-corrected chi connectivity index (χ2v) is 5.74. The van der Waals surface area contributed by atoms with Crippen molar-refractivity contribution in [2.24, 2.45) is 0 Å². The molecular formula is C19H11N3O. The van der Waals surface area contributed by atoms with Crippen molar-refractivity contribution in [3.63, 3.8) is 0 Å². The molecule has 23 heavy (non-hydrogen) atoms.